The molecule has 1 aliphatic carbocycles. The molecular formula is C23H22N2O. The van der Waals surface area contributed by atoms with Crippen molar-refractivity contribution in [2.45, 2.75) is 39.0 Å². The lowest BCUT2D eigenvalue weighted by Crippen LogP contribution is -1.99. The second-order valence-corrected chi connectivity index (χ2v) is 7.52. The van der Waals surface area contributed by atoms with E-state index >= 15 is 0 Å². The van der Waals surface area contributed by atoms with E-state index in [1.165, 1.54) is 37.7 Å². The number of aromatic nitrogens is 2. The molecule has 3 aromatic heterocycles. The van der Waals surface area contributed by atoms with Crippen molar-refractivity contribution in [3.05, 3.63) is 59.9 Å². The van der Waals surface area contributed by atoms with Crippen LogP contribution in [0.25, 0.3) is 33.3 Å². The lowest BCUT2D eigenvalue weighted by atomic mass is 9.97. The van der Waals surface area contributed by atoms with E-state index in [1.807, 2.05) is 31.3 Å². The summed E-state index contributed by atoms with van der Waals surface area (Å²) in [5.74, 6) is 0.845. The molecule has 0 saturated heterocycles. The Morgan fingerprint density at radius 2 is 1.85 bits per heavy atom. The van der Waals surface area contributed by atoms with Gasteiger partial charge in [-0.2, -0.15) is 0 Å². The molecule has 130 valence electrons. The Morgan fingerprint density at radius 3 is 2.73 bits per heavy atom. The van der Waals surface area contributed by atoms with Crippen LogP contribution in [0.15, 0.2) is 53.1 Å². The van der Waals surface area contributed by atoms with Crippen LogP contribution in [0.3, 0.4) is 0 Å². The van der Waals surface area contributed by atoms with E-state index in [2.05, 4.69) is 34.2 Å². The summed E-state index contributed by atoms with van der Waals surface area (Å²) in [4.78, 5) is 9.29. The molecule has 0 bridgehead atoms. The summed E-state index contributed by atoms with van der Waals surface area (Å²) in [5, 5.41) is 1.06. The predicted octanol–water partition coefficient (Wildman–Crippen LogP) is 6.08. The van der Waals surface area contributed by atoms with Gasteiger partial charge in [-0.25, -0.2) is 4.98 Å². The van der Waals surface area contributed by atoms with Crippen LogP contribution in [-0.4, -0.2) is 9.97 Å². The minimum atomic E-state index is 0.839. The van der Waals surface area contributed by atoms with Crippen LogP contribution in [0.1, 0.15) is 36.9 Å². The maximum absolute atomic E-state index is 5.93. The third kappa shape index (κ3) is 2.78. The summed E-state index contributed by atoms with van der Waals surface area (Å²) in [7, 11) is 0. The van der Waals surface area contributed by atoms with Gasteiger partial charge in [0.25, 0.3) is 0 Å². The molecule has 0 N–H and O–H groups in total. The van der Waals surface area contributed by atoms with Crippen LogP contribution < -0.4 is 0 Å². The van der Waals surface area contributed by atoms with Crippen molar-refractivity contribution in [2.75, 3.05) is 0 Å². The van der Waals surface area contributed by atoms with E-state index in [1.54, 1.807) is 0 Å². The quantitative estimate of drug-likeness (QED) is 0.452. The summed E-state index contributed by atoms with van der Waals surface area (Å²) in [6, 6.07) is 14.7. The van der Waals surface area contributed by atoms with Crippen molar-refractivity contribution in [1.29, 1.82) is 0 Å². The molecule has 0 radical (unpaired) electrons. The van der Waals surface area contributed by atoms with Gasteiger partial charge in [0.05, 0.1) is 5.69 Å². The van der Waals surface area contributed by atoms with Crippen molar-refractivity contribution in [2.24, 2.45) is 5.92 Å². The zero-order chi connectivity index (χ0) is 17.5. The fourth-order valence-electron chi connectivity index (χ4n) is 4.21. The number of fused-ring (bicyclic) bond motifs is 3. The first-order chi connectivity index (χ1) is 12.8. The number of pyridine rings is 2. The number of nitrogens with zero attached hydrogens (tertiary/aromatic N) is 2. The van der Waals surface area contributed by atoms with Gasteiger partial charge in [0.2, 0.25) is 0 Å². The van der Waals surface area contributed by atoms with E-state index in [4.69, 9.17) is 4.42 Å². The van der Waals surface area contributed by atoms with Gasteiger partial charge in [0, 0.05) is 22.8 Å². The van der Waals surface area contributed by atoms with E-state index < -0.39 is 0 Å². The Hall–Kier alpha value is -2.68. The first-order valence-electron chi connectivity index (χ1n) is 9.51. The molecule has 4 aromatic rings. The first-order valence-corrected chi connectivity index (χ1v) is 9.51. The van der Waals surface area contributed by atoms with Gasteiger partial charge in [-0.15, -0.1) is 0 Å². The van der Waals surface area contributed by atoms with Gasteiger partial charge >= 0.3 is 0 Å². The second kappa shape index (κ2) is 6.24. The van der Waals surface area contributed by atoms with E-state index in [-0.39, 0.29) is 0 Å². The Kier molecular flexibility index (Phi) is 3.74. The first kappa shape index (κ1) is 15.6. The van der Waals surface area contributed by atoms with E-state index in [9.17, 15) is 0 Å². The largest absolute Gasteiger partial charge is 0.454 e. The van der Waals surface area contributed by atoms with Crippen LogP contribution in [0, 0.1) is 12.8 Å². The average molecular weight is 342 g/mol. The highest BCUT2D eigenvalue weighted by atomic mass is 16.3. The number of hydrogen-bond acceptors (Lipinski definition) is 3. The minimum absolute atomic E-state index is 0.839. The van der Waals surface area contributed by atoms with Crippen molar-refractivity contribution < 1.29 is 4.42 Å². The van der Waals surface area contributed by atoms with Crippen LogP contribution in [0.4, 0.5) is 0 Å². The third-order valence-electron chi connectivity index (χ3n) is 5.57. The standard InChI is InChI=1S/C23H22N2O/c1-15-6-8-22-23(25-15)19-14-18(7-9-21(19)26-22)20-13-17(10-11-24-20)12-16-4-2-3-5-16/h6-11,13-14,16H,2-5,12H2,1H3. The monoisotopic (exact) mass is 342 g/mol. The lowest BCUT2D eigenvalue weighted by Gasteiger charge is -2.10. The molecule has 26 heavy (non-hydrogen) atoms. The summed E-state index contributed by atoms with van der Waals surface area (Å²) in [6.07, 6.45) is 8.64. The topological polar surface area (TPSA) is 38.9 Å². The average Bonchev–Trinajstić information content (AvgIpc) is 3.29. The molecule has 0 amide bonds. The SMILES string of the molecule is Cc1ccc2oc3ccc(-c4cc(CC5CCCC5)ccn4)cc3c2n1. The van der Waals surface area contributed by atoms with Crippen molar-refractivity contribution in [1.82, 2.24) is 9.97 Å². The van der Waals surface area contributed by atoms with Crippen LogP contribution >= 0.6 is 0 Å². The molecule has 3 nitrogen and oxygen atoms in total. The molecule has 0 spiro atoms. The Balaban J connectivity index is 1.55. The highest BCUT2D eigenvalue weighted by Gasteiger charge is 2.16. The van der Waals surface area contributed by atoms with Crippen LogP contribution in [-0.2, 0) is 6.42 Å². The Bertz CT molecular complexity index is 1090. The molecule has 0 unspecified atom stereocenters. The van der Waals surface area contributed by atoms with Gasteiger partial charge in [-0.05, 0) is 67.3 Å². The molecule has 0 atom stereocenters. The Morgan fingerprint density at radius 1 is 1.00 bits per heavy atom. The molecule has 1 aromatic carbocycles. The zero-order valence-electron chi connectivity index (χ0n) is 15.0. The fourth-order valence-corrected chi connectivity index (χ4v) is 4.21. The van der Waals surface area contributed by atoms with Gasteiger partial charge in [0.15, 0.2) is 5.58 Å². The number of benzene rings is 1. The van der Waals surface area contributed by atoms with Gasteiger partial charge < -0.3 is 4.42 Å². The summed E-state index contributed by atoms with van der Waals surface area (Å²) in [6.45, 7) is 2.01. The fraction of sp³-hybridized carbons (Fsp3) is 0.304. The molecule has 0 aliphatic heterocycles. The van der Waals surface area contributed by atoms with E-state index in [0.29, 0.717) is 0 Å². The molecule has 3 heteroatoms. The maximum atomic E-state index is 5.93. The zero-order valence-corrected chi connectivity index (χ0v) is 15.0. The smallest absolute Gasteiger partial charge is 0.153 e. The highest BCUT2D eigenvalue weighted by Crippen LogP contribution is 2.32. The summed E-state index contributed by atoms with van der Waals surface area (Å²) >= 11 is 0. The molecule has 3 heterocycles. The molecule has 1 saturated carbocycles. The van der Waals surface area contributed by atoms with Gasteiger partial charge in [-0.3, -0.25) is 4.98 Å². The minimum Gasteiger partial charge on any atom is -0.454 e. The number of furan rings is 1. The van der Waals surface area contributed by atoms with Crippen LogP contribution in [0.2, 0.25) is 0 Å². The summed E-state index contributed by atoms with van der Waals surface area (Å²) in [5.41, 5.74) is 7.20. The lowest BCUT2D eigenvalue weighted by molar-refractivity contribution is 0.546. The van der Waals surface area contributed by atoms with Gasteiger partial charge in [-0.1, -0.05) is 25.7 Å². The molecular weight excluding hydrogens is 320 g/mol. The Labute approximate surface area is 153 Å². The predicted molar refractivity (Wildman–Crippen MR) is 105 cm³/mol. The van der Waals surface area contributed by atoms with E-state index in [0.717, 1.165) is 44.9 Å². The summed E-state index contributed by atoms with van der Waals surface area (Å²) < 4.78 is 5.93. The number of aryl methyl sites for hydroxylation is 1. The molecule has 1 fully saturated rings. The molecule has 5 rings (SSSR count). The number of hydrogen-bond donors (Lipinski definition) is 0. The van der Waals surface area contributed by atoms with Crippen molar-refractivity contribution >= 4 is 22.1 Å². The number of rotatable bonds is 3. The highest BCUT2D eigenvalue weighted by molar-refractivity contribution is 6.03. The van der Waals surface area contributed by atoms with Gasteiger partial charge in [0.1, 0.15) is 11.1 Å². The maximum Gasteiger partial charge on any atom is 0.153 e. The van der Waals surface area contributed by atoms with Crippen LogP contribution in [0.5, 0.6) is 0 Å². The van der Waals surface area contributed by atoms with Crippen molar-refractivity contribution in [3.63, 3.8) is 0 Å². The van der Waals surface area contributed by atoms with Crippen molar-refractivity contribution in [3.8, 4) is 11.3 Å². The molecule has 1 aliphatic rings. The third-order valence-corrected chi connectivity index (χ3v) is 5.57. The normalized spacial score (nSPS) is 15.3. The second-order valence-electron chi connectivity index (χ2n) is 7.52.